The van der Waals surface area contributed by atoms with Gasteiger partial charge in [0.05, 0.1) is 0 Å². The molecular weight excluding hydrogens is 208 g/mol. The minimum Gasteiger partial charge on any atom is -0.330 e. The Morgan fingerprint density at radius 1 is 1.18 bits per heavy atom. The van der Waals surface area contributed by atoms with Gasteiger partial charge in [0.15, 0.2) is 0 Å². The molecule has 0 aliphatic heterocycles. The van der Waals surface area contributed by atoms with Crippen LogP contribution in [0.3, 0.4) is 0 Å². The fourth-order valence-electron chi connectivity index (χ4n) is 3.62. The van der Waals surface area contributed by atoms with Gasteiger partial charge in [0, 0.05) is 12.6 Å². The van der Waals surface area contributed by atoms with Crippen molar-refractivity contribution in [3.63, 3.8) is 0 Å². The van der Waals surface area contributed by atoms with Gasteiger partial charge in [0.25, 0.3) is 0 Å². The van der Waals surface area contributed by atoms with Gasteiger partial charge in [-0.05, 0) is 69.9 Å². The first-order valence-electron chi connectivity index (χ1n) is 7.59. The van der Waals surface area contributed by atoms with Crippen molar-refractivity contribution in [1.82, 2.24) is 4.90 Å². The van der Waals surface area contributed by atoms with Crippen molar-refractivity contribution in [2.24, 2.45) is 17.1 Å². The van der Waals surface area contributed by atoms with Crippen molar-refractivity contribution in [3.05, 3.63) is 0 Å². The molecule has 0 aromatic carbocycles. The van der Waals surface area contributed by atoms with Crippen molar-refractivity contribution in [1.29, 1.82) is 0 Å². The largest absolute Gasteiger partial charge is 0.330 e. The van der Waals surface area contributed by atoms with Crippen LogP contribution in [0.5, 0.6) is 0 Å². The van der Waals surface area contributed by atoms with Crippen molar-refractivity contribution >= 4 is 0 Å². The minimum absolute atomic E-state index is 0.616. The first-order chi connectivity index (χ1) is 8.19. The van der Waals surface area contributed by atoms with Gasteiger partial charge in [0.1, 0.15) is 0 Å². The lowest BCUT2D eigenvalue weighted by Crippen LogP contribution is -2.39. The summed E-state index contributed by atoms with van der Waals surface area (Å²) in [6.07, 6.45) is 11.2. The highest BCUT2D eigenvalue weighted by atomic mass is 15.1. The number of nitrogens with two attached hydrogens (primary N) is 1. The maximum Gasteiger partial charge on any atom is 0.00926 e. The molecule has 0 amide bonds. The van der Waals surface area contributed by atoms with Crippen LogP contribution in [-0.4, -0.2) is 31.1 Å². The van der Waals surface area contributed by atoms with Crippen molar-refractivity contribution in [2.45, 2.75) is 64.3 Å². The number of rotatable bonds is 6. The summed E-state index contributed by atoms with van der Waals surface area (Å²) in [5.74, 6) is 1.01. The van der Waals surface area contributed by atoms with Crippen LogP contribution in [0, 0.1) is 11.3 Å². The van der Waals surface area contributed by atoms with E-state index in [1.807, 2.05) is 0 Å². The van der Waals surface area contributed by atoms with Gasteiger partial charge in [-0.2, -0.15) is 0 Å². The van der Waals surface area contributed by atoms with Gasteiger partial charge >= 0.3 is 0 Å². The molecule has 17 heavy (non-hydrogen) atoms. The number of nitrogens with zero attached hydrogens (tertiary/aromatic N) is 1. The van der Waals surface area contributed by atoms with Gasteiger partial charge in [-0.15, -0.1) is 0 Å². The molecule has 100 valence electrons. The van der Waals surface area contributed by atoms with Gasteiger partial charge in [0.2, 0.25) is 0 Å². The van der Waals surface area contributed by atoms with Gasteiger partial charge < -0.3 is 10.6 Å². The van der Waals surface area contributed by atoms with Crippen LogP contribution in [0.25, 0.3) is 0 Å². The van der Waals surface area contributed by atoms with Crippen LogP contribution < -0.4 is 5.73 Å². The molecule has 0 aromatic heterocycles. The van der Waals surface area contributed by atoms with E-state index in [1.165, 1.54) is 57.9 Å². The smallest absolute Gasteiger partial charge is 0.00926 e. The molecule has 2 fully saturated rings. The van der Waals surface area contributed by atoms with Crippen molar-refractivity contribution in [3.8, 4) is 0 Å². The Hall–Kier alpha value is -0.0800. The molecule has 2 aliphatic carbocycles. The average molecular weight is 238 g/mol. The summed E-state index contributed by atoms with van der Waals surface area (Å²) in [5, 5.41) is 0. The molecule has 0 radical (unpaired) electrons. The predicted octanol–water partition coefficient (Wildman–Crippen LogP) is 3.02. The topological polar surface area (TPSA) is 29.3 Å². The van der Waals surface area contributed by atoms with Crippen LogP contribution >= 0.6 is 0 Å². The molecule has 2 heteroatoms. The third-order valence-corrected chi connectivity index (χ3v) is 5.23. The molecule has 2 aliphatic rings. The third kappa shape index (κ3) is 3.45. The van der Waals surface area contributed by atoms with Gasteiger partial charge in [-0.1, -0.05) is 13.3 Å². The Kier molecular flexibility index (Phi) is 4.48. The summed E-state index contributed by atoms with van der Waals surface area (Å²) in [6.45, 7) is 4.51. The number of hydrogen-bond donors (Lipinski definition) is 1. The van der Waals surface area contributed by atoms with E-state index in [0.29, 0.717) is 5.41 Å². The van der Waals surface area contributed by atoms with E-state index in [9.17, 15) is 0 Å². The maximum atomic E-state index is 5.73. The minimum atomic E-state index is 0.616. The monoisotopic (exact) mass is 238 g/mol. The van der Waals surface area contributed by atoms with Gasteiger partial charge in [-0.25, -0.2) is 0 Å². The Balaban J connectivity index is 1.75. The molecule has 2 nitrogen and oxygen atoms in total. The molecule has 0 aromatic rings. The predicted molar refractivity (Wildman–Crippen MR) is 74.0 cm³/mol. The quantitative estimate of drug-likeness (QED) is 0.771. The van der Waals surface area contributed by atoms with Crippen LogP contribution in [0.2, 0.25) is 0 Å². The van der Waals surface area contributed by atoms with Crippen LogP contribution in [0.15, 0.2) is 0 Å². The first kappa shape index (κ1) is 13.4. The third-order valence-electron chi connectivity index (χ3n) is 5.23. The standard InChI is InChI=1S/C15H30N2/c1-3-13-4-6-14(7-5-13)17(2)12-15(8-9-15)10-11-16/h13-14H,3-12,16H2,1-2H3. The summed E-state index contributed by atoms with van der Waals surface area (Å²) in [5.41, 5.74) is 6.34. The maximum absolute atomic E-state index is 5.73. The Bertz CT molecular complexity index is 227. The molecule has 0 atom stereocenters. The number of hydrogen-bond acceptors (Lipinski definition) is 2. The van der Waals surface area contributed by atoms with E-state index in [1.54, 1.807) is 0 Å². The Morgan fingerprint density at radius 2 is 1.82 bits per heavy atom. The molecule has 0 saturated heterocycles. The van der Waals surface area contributed by atoms with E-state index in [0.717, 1.165) is 18.5 Å². The lowest BCUT2D eigenvalue weighted by atomic mass is 9.83. The lowest BCUT2D eigenvalue weighted by Gasteiger charge is -2.36. The van der Waals surface area contributed by atoms with E-state index in [2.05, 4.69) is 18.9 Å². The molecule has 2 rings (SSSR count). The zero-order valence-corrected chi connectivity index (χ0v) is 11.8. The second-order valence-electron chi connectivity index (χ2n) is 6.54. The second-order valence-corrected chi connectivity index (χ2v) is 6.54. The summed E-state index contributed by atoms with van der Waals surface area (Å²) in [7, 11) is 2.34. The highest BCUT2D eigenvalue weighted by Gasteiger charge is 2.43. The average Bonchev–Trinajstić information content (AvgIpc) is 3.09. The molecule has 0 bridgehead atoms. The Labute approximate surface area is 107 Å². The summed E-state index contributed by atoms with van der Waals surface area (Å²) < 4.78 is 0. The first-order valence-corrected chi connectivity index (χ1v) is 7.59. The van der Waals surface area contributed by atoms with E-state index in [-0.39, 0.29) is 0 Å². The zero-order chi connectivity index (χ0) is 12.3. The molecule has 0 unspecified atom stereocenters. The van der Waals surface area contributed by atoms with E-state index in [4.69, 9.17) is 5.73 Å². The van der Waals surface area contributed by atoms with Gasteiger partial charge in [-0.3, -0.25) is 0 Å². The van der Waals surface area contributed by atoms with Crippen molar-refractivity contribution < 1.29 is 0 Å². The summed E-state index contributed by atoms with van der Waals surface area (Å²) >= 11 is 0. The summed E-state index contributed by atoms with van der Waals surface area (Å²) in [6, 6.07) is 0.855. The van der Waals surface area contributed by atoms with Crippen LogP contribution in [-0.2, 0) is 0 Å². The van der Waals surface area contributed by atoms with E-state index < -0.39 is 0 Å². The molecule has 2 saturated carbocycles. The van der Waals surface area contributed by atoms with Crippen LogP contribution in [0.1, 0.15) is 58.3 Å². The fraction of sp³-hybridized carbons (Fsp3) is 1.00. The van der Waals surface area contributed by atoms with Crippen LogP contribution in [0.4, 0.5) is 0 Å². The molecule has 0 spiro atoms. The SMILES string of the molecule is CCC1CCC(N(C)CC2(CCN)CC2)CC1. The molecule has 0 heterocycles. The lowest BCUT2D eigenvalue weighted by molar-refractivity contribution is 0.136. The summed E-state index contributed by atoms with van der Waals surface area (Å²) in [4.78, 5) is 2.65. The molecular formula is C15H30N2. The molecule has 2 N–H and O–H groups in total. The highest BCUT2D eigenvalue weighted by molar-refractivity contribution is 4.96. The fourth-order valence-corrected chi connectivity index (χ4v) is 3.62. The highest BCUT2D eigenvalue weighted by Crippen LogP contribution is 2.49. The Morgan fingerprint density at radius 3 is 2.29 bits per heavy atom. The zero-order valence-electron chi connectivity index (χ0n) is 11.8. The van der Waals surface area contributed by atoms with Crippen molar-refractivity contribution in [2.75, 3.05) is 20.1 Å². The normalized spacial score (nSPS) is 31.8. The second kappa shape index (κ2) is 5.71. The van der Waals surface area contributed by atoms with E-state index >= 15 is 0 Å².